The number of carbonyl (C=O) groups excluding carboxylic acids is 1. The molecule has 7 nitrogen and oxygen atoms in total. The van der Waals surface area contributed by atoms with E-state index in [-0.39, 0.29) is 5.91 Å². The van der Waals surface area contributed by atoms with Crippen LogP contribution in [-0.2, 0) is 11.2 Å². The second-order valence-corrected chi connectivity index (χ2v) is 9.42. The predicted molar refractivity (Wildman–Crippen MR) is 127 cm³/mol. The van der Waals surface area contributed by atoms with Crippen molar-refractivity contribution in [3.63, 3.8) is 0 Å². The summed E-state index contributed by atoms with van der Waals surface area (Å²) in [6, 6.07) is 5.77. The Bertz CT molecular complexity index is 1070. The summed E-state index contributed by atoms with van der Waals surface area (Å²) >= 11 is 1.54. The quantitative estimate of drug-likeness (QED) is 0.553. The van der Waals surface area contributed by atoms with E-state index in [4.69, 9.17) is 4.74 Å². The summed E-state index contributed by atoms with van der Waals surface area (Å²) < 4.78 is 6.21. The summed E-state index contributed by atoms with van der Waals surface area (Å²) in [6.07, 6.45) is 6.17. The van der Waals surface area contributed by atoms with E-state index in [1.54, 1.807) is 12.5 Å². The number of rotatable bonds is 8. The van der Waals surface area contributed by atoms with E-state index in [2.05, 4.69) is 25.2 Å². The molecule has 3 aromatic rings. The van der Waals surface area contributed by atoms with Crippen LogP contribution in [0.2, 0.25) is 0 Å². The van der Waals surface area contributed by atoms with E-state index in [1.165, 1.54) is 24.2 Å². The largest absolute Gasteiger partial charge is 0.492 e. The van der Waals surface area contributed by atoms with Crippen LogP contribution < -0.4 is 10.1 Å². The Morgan fingerprint density at radius 2 is 1.88 bits per heavy atom. The van der Waals surface area contributed by atoms with Gasteiger partial charge in [-0.05, 0) is 64.9 Å². The van der Waals surface area contributed by atoms with Crippen LogP contribution >= 0.6 is 11.3 Å². The number of nitrogens with one attached hydrogen (secondary N) is 1. The molecule has 1 aromatic carbocycles. The van der Waals surface area contributed by atoms with Gasteiger partial charge < -0.3 is 10.1 Å². The molecule has 0 radical (unpaired) electrons. The molecular formula is C24H29N5O2S. The van der Waals surface area contributed by atoms with Gasteiger partial charge in [-0.15, -0.1) is 11.3 Å². The molecule has 2 aromatic heterocycles. The van der Waals surface area contributed by atoms with Crippen LogP contribution in [0.1, 0.15) is 34.1 Å². The number of nitrogens with zero attached hydrogens (tertiary/aromatic N) is 4. The minimum Gasteiger partial charge on any atom is -0.492 e. The minimum atomic E-state index is -0.0694. The normalized spacial score (nSPS) is 14.0. The van der Waals surface area contributed by atoms with Crippen LogP contribution in [-0.4, -0.2) is 52.0 Å². The third kappa shape index (κ3) is 5.49. The topological polar surface area (TPSA) is 80.2 Å². The van der Waals surface area contributed by atoms with Gasteiger partial charge >= 0.3 is 0 Å². The van der Waals surface area contributed by atoms with Crippen LogP contribution in [0.25, 0.3) is 11.1 Å². The number of aromatic nitrogens is 3. The lowest BCUT2D eigenvalue weighted by molar-refractivity contribution is -0.115. The van der Waals surface area contributed by atoms with Gasteiger partial charge in [-0.1, -0.05) is 0 Å². The molecule has 0 unspecified atom stereocenters. The molecular weight excluding hydrogens is 422 g/mol. The molecule has 168 valence electrons. The smallest absolute Gasteiger partial charge is 0.229 e. The maximum absolute atomic E-state index is 12.6. The summed E-state index contributed by atoms with van der Waals surface area (Å²) in [5, 5.41) is 3.97. The first-order valence-corrected chi connectivity index (χ1v) is 11.8. The van der Waals surface area contributed by atoms with Crippen LogP contribution in [0.5, 0.6) is 5.75 Å². The van der Waals surface area contributed by atoms with Crippen molar-refractivity contribution in [3.05, 3.63) is 52.0 Å². The van der Waals surface area contributed by atoms with Crippen molar-refractivity contribution < 1.29 is 9.53 Å². The van der Waals surface area contributed by atoms with Gasteiger partial charge in [0.2, 0.25) is 5.91 Å². The van der Waals surface area contributed by atoms with Crippen molar-refractivity contribution in [3.8, 4) is 16.9 Å². The molecule has 1 aliphatic heterocycles. The van der Waals surface area contributed by atoms with Crippen molar-refractivity contribution in [2.75, 3.05) is 31.6 Å². The van der Waals surface area contributed by atoms with Crippen molar-refractivity contribution in [2.24, 2.45) is 0 Å². The fraction of sp³-hybridized carbons (Fsp3) is 0.417. The Hall–Kier alpha value is -2.84. The minimum absolute atomic E-state index is 0.0694. The van der Waals surface area contributed by atoms with E-state index in [0.717, 1.165) is 63.5 Å². The molecule has 0 aliphatic carbocycles. The second kappa shape index (κ2) is 10.2. The molecule has 1 N–H and O–H groups in total. The molecule has 1 fully saturated rings. The summed E-state index contributed by atoms with van der Waals surface area (Å²) in [6.45, 7) is 9.69. The Kier molecular flexibility index (Phi) is 7.12. The van der Waals surface area contributed by atoms with Crippen molar-refractivity contribution in [2.45, 2.75) is 40.0 Å². The number of ether oxygens (including phenoxy) is 1. The number of carbonyl (C=O) groups is 1. The maximum atomic E-state index is 12.6. The average Bonchev–Trinajstić information content (AvgIpc) is 3.41. The van der Waals surface area contributed by atoms with Crippen LogP contribution in [0.3, 0.4) is 0 Å². The highest BCUT2D eigenvalue weighted by Crippen LogP contribution is 2.35. The van der Waals surface area contributed by atoms with Gasteiger partial charge in [0, 0.05) is 45.8 Å². The van der Waals surface area contributed by atoms with E-state index in [9.17, 15) is 4.79 Å². The zero-order valence-electron chi connectivity index (χ0n) is 18.9. The summed E-state index contributed by atoms with van der Waals surface area (Å²) in [7, 11) is 0. The van der Waals surface area contributed by atoms with Gasteiger partial charge in [-0.2, -0.15) is 0 Å². The van der Waals surface area contributed by atoms with Crippen molar-refractivity contribution in [1.82, 2.24) is 19.9 Å². The maximum Gasteiger partial charge on any atom is 0.229 e. The molecule has 1 saturated heterocycles. The molecule has 3 heterocycles. The molecule has 0 bridgehead atoms. The second-order valence-electron chi connectivity index (χ2n) is 8.10. The zero-order valence-corrected chi connectivity index (χ0v) is 19.7. The molecule has 1 aliphatic rings. The van der Waals surface area contributed by atoms with Gasteiger partial charge in [0.05, 0.1) is 11.4 Å². The standard InChI is InChI=1S/C24H29N5O2S/c1-16-24(17(2)27-15-26-16)21-12-19(28-23(30)13-20-14-25-18(3)32-20)6-7-22(21)31-11-10-29-8-4-5-9-29/h6-7,12,14-15H,4-5,8-11,13H2,1-3H3,(H,28,30). The predicted octanol–water partition coefficient (Wildman–Crippen LogP) is 4.18. The van der Waals surface area contributed by atoms with Crippen molar-refractivity contribution >= 4 is 22.9 Å². The molecule has 32 heavy (non-hydrogen) atoms. The highest BCUT2D eigenvalue weighted by Gasteiger charge is 2.17. The fourth-order valence-corrected chi connectivity index (χ4v) is 4.85. The fourth-order valence-electron chi connectivity index (χ4n) is 4.05. The Labute approximate surface area is 192 Å². The highest BCUT2D eigenvalue weighted by molar-refractivity contribution is 7.11. The average molecular weight is 452 g/mol. The zero-order chi connectivity index (χ0) is 22.5. The number of amides is 1. The first-order valence-electron chi connectivity index (χ1n) is 11.0. The van der Waals surface area contributed by atoms with Crippen LogP contribution in [0.4, 0.5) is 5.69 Å². The van der Waals surface area contributed by atoms with Gasteiger partial charge in [-0.25, -0.2) is 15.0 Å². The van der Waals surface area contributed by atoms with E-state index in [1.807, 2.05) is 39.0 Å². The molecule has 1 amide bonds. The summed E-state index contributed by atoms with van der Waals surface area (Å²) in [5.74, 6) is 0.710. The highest BCUT2D eigenvalue weighted by atomic mass is 32.1. The van der Waals surface area contributed by atoms with Crippen LogP contribution in [0.15, 0.2) is 30.7 Å². The first kappa shape index (κ1) is 22.4. The number of aryl methyl sites for hydroxylation is 3. The third-order valence-electron chi connectivity index (χ3n) is 5.63. The Morgan fingerprint density at radius 3 is 2.56 bits per heavy atom. The third-order valence-corrected chi connectivity index (χ3v) is 6.54. The number of thiazole rings is 1. The van der Waals surface area contributed by atoms with Gasteiger partial charge in [-0.3, -0.25) is 9.69 Å². The molecule has 0 saturated carbocycles. The van der Waals surface area contributed by atoms with E-state index in [0.29, 0.717) is 13.0 Å². The molecule has 4 rings (SSSR count). The first-order chi connectivity index (χ1) is 15.5. The van der Waals surface area contributed by atoms with Gasteiger partial charge in [0.25, 0.3) is 0 Å². The monoisotopic (exact) mass is 451 g/mol. The van der Waals surface area contributed by atoms with Gasteiger partial charge in [0.1, 0.15) is 18.7 Å². The number of benzene rings is 1. The van der Waals surface area contributed by atoms with E-state index < -0.39 is 0 Å². The van der Waals surface area contributed by atoms with E-state index >= 15 is 0 Å². The summed E-state index contributed by atoms with van der Waals surface area (Å²) in [4.78, 5) is 28.9. The lowest BCUT2D eigenvalue weighted by atomic mass is 10.0. The van der Waals surface area contributed by atoms with Crippen molar-refractivity contribution in [1.29, 1.82) is 0 Å². The lowest BCUT2D eigenvalue weighted by Gasteiger charge is -2.18. The lowest BCUT2D eigenvalue weighted by Crippen LogP contribution is -2.25. The number of hydrogen-bond acceptors (Lipinski definition) is 7. The Balaban J connectivity index is 1.55. The number of hydrogen-bond donors (Lipinski definition) is 1. The Morgan fingerprint density at radius 1 is 1.12 bits per heavy atom. The van der Waals surface area contributed by atoms with Crippen LogP contribution in [0, 0.1) is 20.8 Å². The van der Waals surface area contributed by atoms with Gasteiger partial charge in [0.15, 0.2) is 0 Å². The SMILES string of the molecule is Cc1ncc(CC(=O)Nc2ccc(OCCN3CCCC3)c(-c3c(C)ncnc3C)c2)s1. The number of likely N-dealkylation sites (tertiary alicyclic amines) is 1. The molecule has 0 spiro atoms. The molecule has 8 heteroatoms. The number of anilines is 1. The summed E-state index contributed by atoms with van der Waals surface area (Å²) in [5.41, 5.74) is 4.32. The molecule has 0 atom stereocenters.